The molecule has 3 N–H and O–H groups in total. The van der Waals surface area contributed by atoms with E-state index in [1.807, 2.05) is 6.08 Å². The normalized spacial score (nSPS) is 35.0. The molecule has 0 saturated heterocycles. The molecule has 0 amide bonds. The second kappa shape index (κ2) is 8.80. The molecule has 0 aromatic carbocycles. The minimum atomic E-state index is -0.936. The lowest BCUT2D eigenvalue weighted by Gasteiger charge is -2.45. The third kappa shape index (κ3) is 5.43. The Morgan fingerprint density at radius 1 is 1.28 bits per heavy atom. The second-order valence-electron chi connectivity index (χ2n) is 10.5. The molecule has 29 heavy (non-hydrogen) atoms. The summed E-state index contributed by atoms with van der Waals surface area (Å²) in [4.78, 5) is 0. The van der Waals surface area contributed by atoms with Crippen molar-refractivity contribution in [1.29, 1.82) is 0 Å². The van der Waals surface area contributed by atoms with Crippen molar-refractivity contribution in [2.45, 2.75) is 91.5 Å². The topological polar surface area (TPSA) is 60.7 Å². The lowest BCUT2D eigenvalue weighted by atomic mass is 9.59. The number of aliphatic hydroxyl groups is 3. The van der Waals surface area contributed by atoms with Crippen LogP contribution in [-0.2, 0) is 0 Å². The first-order chi connectivity index (χ1) is 13.3. The van der Waals surface area contributed by atoms with Crippen molar-refractivity contribution in [1.82, 2.24) is 0 Å². The number of aliphatic hydroxyl groups excluding tert-OH is 2. The number of hydrogen-bond donors (Lipinski definition) is 3. The molecule has 0 bridgehead atoms. The predicted octanol–water partition coefficient (Wildman–Crippen LogP) is 4.78. The Kier molecular flexibility index (Phi) is 7.26. The van der Waals surface area contributed by atoms with E-state index in [-0.39, 0.29) is 10.8 Å². The molecule has 2 saturated carbocycles. The molecule has 0 radical (unpaired) electrons. The van der Waals surface area contributed by atoms with Crippen LogP contribution in [0.25, 0.3) is 0 Å². The monoisotopic (exact) mass is 400 g/mol. The summed E-state index contributed by atoms with van der Waals surface area (Å²) in [7, 11) is 0. The van der Waals surface area contributed by atoms with E-state index in [2.05, 4.69) is 58.3 Å². The van der Waals surface area contributed by atoms with Crippen molar-refractivity contribution in [3.8, 4) is 11.8 Å². The highest BCUT2D eigenvalue weighted by atomic mass is 16.3. The van der Waals surface area contributed by atoms with Gasteiger partial charge in [0.2, 0.25) is 0 Å². The van der Waals surface area contributed by atoms with Crippen LogP contribution in [0, 0.1) is 34.5 Å². The van der Waals surface area contributed by atoms with Gasteiger partial charge in [-0.1, -0.05) is 64.3 Å². The summed E-state index contributed by atoms with van der Waals surface area (Å²) in [5.41, 5.74) is 1.04. The van der Waals surface area contributed by atoms with Gasteiger partial charge in [-0.3, -0.25) is 0 Å². The van der Waals surface area contributed by atoms with Crippen molar-refractivity contribution in [3.05, 3.63) is 36.0 Å². The van der Waals surface area contributed by atoms with Crippen LogP contribution in [0.15, 0.2) is 36.0 Å². The molecular formula is C26H40O3. The lowest BCUT2D eigenvalue weighted by molar-refractivity contribution is 0.0477. The first kappa shape index (κ1) is 23.9. The van der Waals surface area contributed by atoms with E-state index in [1.54, 1.807) is 13.8 Å². The van der Waals surface area contributed by atoms with Gasteiger partial charge in [-0.2, -0.15) is 0 Å². The highest BCUT2D eigenvalue weighted by Gasteiger charge is 2.52. The predicted molar refractivity (Wildman–Crippen MR) is 120 cm³/mol. The Balaban J connectivity index is 2.10. The summed E-state index contributed by atoms with van der Waals surface area (Å²) in [6.45, 7) is 16.8. The summed E-state index contributed by atoms with van der Waals surface area (Å²) in [5.74, 6) is 7.04. The Morgan fingerprint density at radius 2 is 1.93 bits per heavy atom. The van der Waals surface area contributed by atoms with Gasteiger partial charge < -0.3 is 15.3 Å². The molecule has 5 atom stereocenters. The van der Waals surface area contributed by atoms with Crippen LogP contribution in [0.5, 0.6) is 0 Å². The number of allylic oxidation sites excluding steroid dienone is 3. The van der Waals surface area contributed by atoms with Crippen molar-refractivity contribution < 1.29 is 15.3 Å². The van der Waals surface area contributed by atoms with E-state index in [4.69, 9.17) is 0 Å². The standard InChI is InChI=1S/C26H40O3/c1-18(10-9-14-24(3,4)29)26(7)15-13-21(25(26,5)6)12-8-11-20-16-22(27)17-23(28)19(20)2/h8,11-12,18,21-23,27-29H,2,10,13,15-17H2,1,3-7H3/t18-,21-,22-,23+,26-/m1/s1. The third-order valence-electron chi connectivity index (χ3n) is 7.67. The van der Waals surface area contributed by atoms with E-state index in [1.165, 1.54) is 0 Å². The molecule has 3 heteroatoms. The van der Waals surface area contributed by atoms with Crippen molar-refractivity contribution in [3.63, 3.8) is 0 Å². The molecule has 0 spiro atoms. The van der Waals surface area contributed by atoms with Crippen LogP contribution in [0.4, 0.5) is 0 Å². The van der Waals surface area contributed by atoms with Gasteiger partial charge in [0.05, 0.1) is 12.2 Å². The Labute approximate surface area is 177 Å². The van der Waals surface area contributed by atoms with Gasteiger partial charge in [0.25, 0.3) is 0 Å². The molecule has 0 aromatic rings. The zero-order valence-electron chi connectivity index (χ0n) is 19.1. The molecule has 2 aliphatic carbocycles. The largest absolute Gasteiger partial charge is 0.393 e. The Bertz CT molecular complexity index is 725. The zero-order valence-corrected chi connectivity index (χ0v) is 19.1. The van der Waals surface area contributed by atoms with Gasteiger partial charge in [0.15, 0.2) is 0 Å². The average Bonchev–Trinajstić information content (AvgIpc) is 2.82. The highest BCUT2D eigenvalue weighted by Crippen LogP contribution is 2.60. The Morgan fingerprint density at radius 3 is 2.55 bits per heavy atom. The zero-order chi connectivity index (χ0) is 22.0. The Hall–Kier alpha value is -1.34. The van der Waals surface area contributed by atoms with Crippen molar-refractivity contribution in [2.24, 2.45) is 22.7 Å². The van der Waals surface area contributed by atoms with E-state index < -0.39 is 17.8 Å². The van der Waals surface area contributed by atoms with Gasteiger partial charge in [-0.25, -0.2) is 0 Å². The smallest absolute Gasteiger partial charge is 0.119 e. The van der Waals surface area contributed by atoms with Crippen LogP contribution in [0.3, 0.4) is 0 Å². The molecule has 2 fully saturated rings. The third-order valence-corrected chi connectivity index (χ3v) is 7.67. The van der Waals surface area contributed by atoms with E-state index >= 15 is 0 Å². The lowest BCUT2D eigenvalue weighted by Crippen LogP contribution is -2.38. The fourth-order valence-electron chi connectivity index (χ4n) is 4.99. The summed E-state index contributed by atoms with van der Waals surface area (Å²) >= 11 is 0. The summed E-state index contributed by atoms with van der Waals surface area (Å²) in [5, 5.41) is 29.8. The van der Waals surface area contributed by atoms with Gasteiger partial charge >= 0.3 is 0 Å². The molecule has 0 aliphatic heterocycles. The molecule has 0 aromatic heterocycles. The number of rotatable bonds is 4. The molecule has 2 rings (SSSR count). The van der Waals surface area contributed by atoms with E-state index in [0.29, 0.717) is 24.7 Å². The summed E-state index contributed by atoms with van der Waals surface area (Å²) in [6, 6.07) is 0. The molecular weight excluding hydrogens is 360 g/mol. The fraction of sp³-hybridized carbons (Fsp3) is 0.692. The molecule has 3 nitrogen and oxygen atoms in total. The van der Waals surface area contributed by atoms with Crippen molar-refractivity contribution in [2.75, 3.05) is 0 Å². The maximum Gasteiger partial charge on any atom is 0.119 e. The molecule has 0 unspecified atom stereocenters. The summed E-state index contributed by atoms with van der Waals surface area (Å²) < 4.78 is 0. The second-order valence-corrected chi connectivity index (χ2v) is 10.5. The van der Waals surface area contributed by atoms with E-state index in [0.717, 1.165) is 30.4 Å². The van der Waals surface area contributed by atoms with Gasteiger partial charge in [0, 0.05) is 12.8 Å². The minimum absolute atomic E-state index is 0.125. The molecule has 0 heterocycles. The quantitative estimate of drug-likeness (QED) is 0.595. The van der Waals surface area contributed by atoms with Crippen LogP contribution >= 0.6 is 0 Å². The van der Waals surface area contributed by atoms with Gasteiger partial charge in [-0.05, 0) is 66.9 Å². The highest BCUT2D eigenvalue weighted by molar-refractivity contribution is 5.37. The van der Waals surface area contributed by atoms with Crippen LogP contribution in [0.2, 0.25) is 0 Å². The minimum Gasteiger partial charge on any atom is -0.393 e. The van der Waals surface area contributed by atoms with Crippen molar-refractivity contribution >= 4 is 0 Å². The van der Waals surface area contributed by atoms with Crippen LogP contribution < -0.4 is 0 Å². The van der Waals surface area contributed by atoms with Gasteiger partial charge in [-0.15, -0.1) is 0 Å². The fourth-order valence-corrected chi connectivity index (χ4v) is 4.99. The van der Waals surface area contributed by atoms with Crippen LogP contribution in [-0.4, -0.2) is 33.1 Å². The maximum absolute atomic E-state index is 10.0. The first-order valence-corrected chi connectivity index (χ1v) is 10.9. The van der Waals surface area contributed by atoms with E-state index in [9.17, 15) is 15.3 Å². The molecule has 162 valence electrons. The molecule has 2 aliphatic rings. The summed E-state index contributed by atoms with van der Waals surface area (Å²) in [6.07, 6.45) is 9.27. The SMILES string of the molecule is C=C1C(=CC=C[C@@H]2CC[C@](C)([C@H](C)CC#CC(C)(C)O)C2(C)C)C[C@@H](O)C[C@@H]1O. The average molecular weight is 401 g/mol. The van der Waals surface area contributed by atoms with Gasteiger partial charge in [0.1, 0.15) is 5.60 Å². The maximum atomic E-state index is 10.0. The first-order valence-electron chi connectivity index (χ1n) is 10.9. The number of hydrogen-bond acceptors (Lipinski definition) is 3. The van der Waals surface area contributed by atoms with Crippen LogP contribution in [0.1, 0.15) is 73.6 Å².